The number of ether oxygens (including phenoxy) is 1. The van der Waals surface area contributed by atoms with Crippen LogP contribution in [0.1, 0.15) is 18.4 Å². The number of carbonyl (C=O) groups excluding carboxylic acids is 1. The van der Waals surface area contributed by atoms with Gasteiger partial charge in [-0.25, -0.2) is 4.79 Å². The van der Waals surface area contributed by atoms with E-state index < -0.39 is 11.5 Å². The van der Waals surface area contributed by atoms with E-state index in [0.29, 0.717) is 12.8 Å². The van der Waals surface area contributed by atoms with Crippen LogP contribution in [0.25, 0.3) is 10.9 Å². The topological polar surface area (TPSA) is 91.4 Å². The van der Waals surface area contributed by atoms with Gasteiger partial charge < -0.3 is 20.1 Å². The van der Waals surface area contributed by atoms with Crippen molar-refractivity contribution in [2.45, 2.75) is 24.8 Å². The average molecular weight is 348 g/mol. The van der Waals surface area contributed by atoms with Crippen LogP contribution in [-0.2, 0) is 16.0 Å². The summed E-state index contributed by atoms with van der Waals surface area (Å²) in [6.07, 6.45) is 2.84. The molecule has 1 aromatic heterocycles. The fourth-order valence-corrected chi connectivity index (χ4v) is 4.22. The Morgan fingerprint density at radius 3 is 2.79 bits per heavy atom. The van der Waals surface area contributed by atoms with Gasteiger partial charge in [-0.1, -0.05) is 0 Å². The highest BCUT2D eigenvalue weighted by molar-refractivity contribution is 7.99. The number of hydrogen-bond donors (Lipinski definition) is 3. The highest BCUT2D eigenvalue weighted by atomic mass is 32.2. The lowest BCUT2D eigenvalue weighted by Gasteiger charge is -2.33. The predicted octanol–water partition coefficient (Wildman–Crippen LogP) is 2.19. The van der Waals surface area contributed by atoms with Crippen molar-refractivity contribution in [3.05, 3.63) is 30.0 Å². The summed E-state index contributed by atoms with van der Waals surface area (Å²) in [4.78, 5) is 27.2. The summed E-state index contributed by atoms with van der Waals surface area (Å²) in [5, 5.41) is 13.2. The summed E-state index contributed by atoms with van der Waals surface area (Å²) in [5.41, 5.74) is 0.610. The number of amides is 1. The molecule has 2 heterocycles. The summed E-state index contributed by atoms with van der Waals surface area (Å²) < 4.78 is 5.23. The number of H-pyrrole nitrogens is 1. The molecule has 24 heavy (non-hydrogen) atoms. The van der Waals surface area contributed by atoms with Gasteiger partial charge in [0.05, 0.1) is 13.5 Å². The molecule has 1 aliphatic rings. The molecule has 0 aliphatic carbocycles. The SMILES string of the molecule is COc1ccc2[nH]cc(CC(=O)NC3(C(=O)O)CCSCC3)c2c1. The minimum Gasteiger partial charge on any atom is -0.497 e. The third kappa shape index (κ3) is 3.21. The Labute approximate surface area is 144 Å². The molecule has 2 aromatic rings. The van der Waals surface area contributed by atoms with Gasteiger partial charge in [-0.2, -0.15) is 11.8 Å². The molecule has 0 saturated carbocycles. The van der Waals surface area contributed by atoms with E-state index in [1.807, 2.05) is 18.2 Å². The Morgan fingerprint density at radius 1 is 1.38 bits per heavy atom. The van der Waals surface area contributed by atoms with Gasteiger partial charge in [0.15, 0.2) is 0 Å². The van der Waals surface area contributed by atoms with E-state index in [1.54, 1.807) is 25.1 Å². The number of aromatic amines is 1. The van der Waals surface area contributed by atoms with Gasteiger partial charge in [0.2, 0.25) is 5.91 Å². The van der Waals surface area contributed by atoms with Gasteiger partial charge in [0.1, 0.15) is 11.3 Å². The summed E-state index contributed by atoms with van der Waals surface area (Å²) in [7, 11) is 1.60. The molecule has 128 valence electrons. The number of methoxy groups -OCH3 is 1. The number of carbonyl (C=O) groups is 2. The maximum absolute atomic E-state index is 12.5. The molecule has 7 heteroatoms. The van der Waals surface area contributed by atoms with Gasteiger partial charge >= 0.3 is 5.97 Å². The maximum atomic E-state index is 12.5. The molecule has 0 radical (unpaired) electrons. The second-order valence-electron chi connectivity index (χ2n) is 5.95. The number of nitrogens with one attached hydrogen (secondary N) is 2. The van der Waals surface area contributed by atoms with Gasteiger partial charge in [-0.05, 0) is 48.1 Å². The van der Waals surface area contributed by atoms with Gasteiger partial charge in [-0.15, -0.1) is 0 Å². The first-order chi connectivity index (χ1) is 11.5. The number of carboxylic acid groups (broad SMARTS) is 1. The largest absolute Gasteiger partial charge is 0.497 e. The van der Waals surface area contributed by atoms with Crippen molar-refractivity contribution >= 4 is 34.5 Å². The molecule has 3 N–H and O–H groups in total. The normalized spacial score (nSPS) is 16.7. The lowest BCUT2D eigenvalue weighted by atomic mass is 9.92. The maximum Gasteiger partial charge on any atom is 0.329 e. The van der Waals surface area contributed by atoms with Crippen LogP contribution in [-0.4, -0.2) is 46.1 Å². The number of rotatable bonds is 5. The molecule has 0 bridgehead atoms. The van der Waals surface area contributed by atoms with Crippen LogP contribution in [0.5, 0.6) is 5.75 Å². The van der Waals surface area contributed by atoms with Crippen molar-refractivity contribution in [2.24, 2.45) is 0 Å². The summed E-state index contributed by atoms with van der Waals surface area (Å²) in [6, 6.07) is 5.62. The molecule has 3 rings (SSSR count). The Morgan fingerprint density at radius 2 is 2.12 bits per heavy atom. The first kappa shape index (κ1) is 16.7. The Balaban J connectivity index is 1.78. The van der Waals surface area contributed by atoms with Crippen molar-refractivity contribution in [3.63, 3.8) is 0 Å². The van der Waals surface area contributed by atoms with Crippen LogP contribution < -0.4 is 10.1 Å². The molecule has 0 atom stereocenters. The average Bonchev–Trinajstić information content (AvgIpc) is 2.97. The van der Waals surface area contributed by atoms with E-state index in [1.165, 1.54) is 0 Å². The van der Waals surface area contributed by atoms with Crippen LogP contribution >= 0.6 is 11.8 Å². The summed E-state index contributed by atoms with van der Waals surface area (Å²) in [6.45, 7) is 0. The van der Waals surface area contributed by atoms with Crippen LogP contribution in [0, 0.1) is 0 Å². The molecule has 1 amide bonds. The molecular weight excluding hydrogens is 328 g/mol. The van der Waals surface area contributed by atoms with E-state index >= 15 is 0 Å². The highest BCUT2D eigenvalue weighted by Crippen LogP contribution is 2.28. The number of aromatic nitrogens is 1. The number of aliphatic carboxylic acids is 1. The minimum atomic E-state index is -1.13. The summed E-state index contributed by atoms with van der Waals surface area (Å²) >= 11 is 1.72. The zero-order chi connectivity index (χ0) is 17.2. The molecular formula is C17H20N2O4S. The number of thioether (sulfide) groups is 1. The van der Waals surface area contributed by atoms with Gasteiger partial charge in [0, 0.05) is 17.1 Å². The fraction of sp³-hybridized carbons (Fsp3) is 0.412. The van der Waals surface area contributed by atoms with Crippen LogP contribution in [0.3, 0.4) is 0 Å². The first-order valence-electron chi connectivity index (χ1n) is 7.80. The van der Waals surface area contributed by atoms with E-state index in [4.69, 9.17) is 4.74 Å². The number of hydrogen-bond acceptors (Lipinski definition) is 4. The monoisotopic (exact) mass is 348 g/mol. The van der Waals surface area contributed by atoms with Crippen molar-refractivity contribution < 1.29 is 19.4 Å². The zero-order valence-corrected chi connectivity index (χ0v) is 14.2. The molecule has 0 unspecified atom stereocenters. The van der Waals surface area contributed by atoms with Crippen molar-refractivity contribution in [1.29, 1.82) is 0 Å². The third-order valence-corrected chi connectivity index (χ3v) is 5.45. The smallest absolute Gasteiger partial charge is 0.329 e. The second kappa shape index (κ2) is 6.76. The standard InChI is InChI=1S/C17H20N2O4S/c1-23-12-2-3-14-13(9-12)11(10-18-14)8-15(20)19-17(16(21)22)4-6-24-7-5-17/h2-3,9-10,18H,4-8H2,1H3,(H,19,20)(H,21,22). The van der Waals surface area contributed by atoms with Crippen molar-refractivity contribution in [1.82, 2.24) is 10.3 Å². The lowest BCUT2D eigenvalue weighted by Crippen LogP contribution is -2.56. The molecule has 0 spiro atoms. The van der Waals surface area contributed by atoms with E-state index in [9.17, 15) is 14.7 Å². The van der Waals surface area contributed by atoms with Gasteiger partial charge in [-0.3, -0.25) is 4.79 Å². The number of benzene rings is 1. The Bertz CT molecular complexity index is 765. The first-order valence-corrected chi connectivity index (χ1v) is 8.96. The second-order valence-corrected chi connectivity index (χ2v) is 7.17. The Hall–Kier alpha value is -2.15. The van der Waals surface area contributed by atoms with E-state index in [2.05, 4.69) is 10.3 Å². The Kier molecular flexibility index (Phi) is 4.71. The molecule has 1 fully saturated rings. The van der Waals surface area contributed by atoms with Crippen molar-refractivity contribution in [2.75, 3.05) is 18.6 Å². The lowest BCUT2D eigenvalue weighted by molar-refractivity contribution is -0.148. The molecule has 6 nitrogen and oxygen atoms in total. The predicted molar refractivity (Wildman–Crippen MR) is 93.6 cm³/mol. The van der Waals surface area contributed by atoms with Gasteiger partial charge in [0.25, 0.3) is 0 Å². The highest BCUT2D eigenvalue weighted by Gasteiger charge is 2.41. The third-order valence-electron chi connectivity index (χ3n) is 4.46. The van der Waals surface area contributed by atoms with Crippen LogP contribution in [0.4, 0.5) is 0 Å². The van der Waals surface area contributed by atoms with Crippen LogP contribution in [0.2, 0.25) is 0 Å². The van der Waals surface area contributed by atoms with E-state index in [-0.39, 0.29) is 12.3 Å². The molecule has 1 aliphatic heterocycles. The number of carboxylic acids is 1. The molecule has 1 aromatic carbocycles. The molecule has 1 saturated heterocycles. The van der Waals surface area contributed by atoms with Crippen LogP contribution in [0.15, 0.2) is 24.4 Å². The quantitative estimate of drug-likeness (QED) is 0.770. The zero-order valence-electron chi connectivity index (χ0n) is 13.4. The number of fused-ring (bicyclic) bond motifs is 1. The summed E-state index contributed by atoms with van der Waals surface area (Å²) in [5.74, 6) is 0.994. The van der Waals surface area contributed by atoms with Crippen molar-refractivity contribution in [3.8, 4) is 5.75 Å². The van der Waals surface area contributed by atoms with E-state index in [0.717, 1.165) is 33.7 Å². The fourth-order valence-electron chi connectivity index (χ4n) is 3.03. The minimum absolute atomic E-state index is 0.134.